The third-order valence-electron chi connectivity index (χ3n) is 4.59. The quantitative estimate of drug-likeness (QED) is 0.222. The molecule has 7 nitrogen and oxygen atoms in total. The zero-order valence-corrected chi connectivity index (χ0v) is 16.9. The molecule has 2 aromatic heterocycles. The summed E-state index contributed by atoms with van der Waals surface area (Å²) in [7, 11) is 0. The van der Waals surface area contributed by atoms with E-state index in [2.05, 4.69) is 21.0 Å². The minimum atomic E-state index is -0.374. The molecule has 2 heterocycles. The molecular weight excluding hydrogens is 398 g/mol. The van der Waals surface area contributed by atoms with Crippen molar-refractivity contribution >= 4 is 44.7 Å². The van der Waals surface area contributed by atoms with Gasteiger partial charge in [0.2, 0.25) is 0 Å². The van der Waals surface area contributed by atoms with Gasteiger partial charge in [0.1, 0.15) is 0 Å². The van der Waals surface area contributed by atoms with Crippen molar-refractivity contribution in [1.82, 2.24) is 10.4 Å². The Labute approximate surface area is 176 Å². The van der Waals surface area contributed by atoms with Gasteiger partial charge in [0, 0.05) is 34.7 Å². The maximum atomic E-state index is 12.2. The van der Waals surface area contributed by atoms with Crippen LogP contribution in [-0.2, 0) is 0 Å². The van der Waals surface area contributed by atoms with E-state index in [4.69, 9.17) is 5.84 Å². The molecule has 0 unspecified atom stereocenters. The highest BCUT2D eigenvalue weighted by Crippen LogP contribution is 2.35. The molecule has 0 saturated heterocycles. The molecule has 4 rings (SSSR count). The summed E-state index contributed by atoms with van der Waals surface area (Å²) in [5.74, 6) is 4.89. The van der Waals surface area contributed by atoms with E-state index in [0.29, 0.717) is 11.3 Å². The van der Waals surface area contributed by atoms with Crippen LogP contribution in [-0.4, -0.2) is 16.9 Å². The highest BCUT2D eigenvalue weighted by molar-refractivity contribution is 7.18. The largest absolute Gasteiger partial charge is 0.323 e. The second kappa shape index (κ2) is 8.32. The van der Waals surface area contributed by atoms with Crippen LogP contribution in [0.3, 0.4) is 0 Å². The Hall–Kier alpha value is -3.75. The highest BCUT2D eigenvalue weighted by atomic mass is 32.1. The number of aryl methyl sites for hydroxylation is 1. The molecule has 0 fully saturated rings. The Bertz CT molecular complexity index is 1230. The smallest absolute Gasteiger partial charge is 0.308 e. The average Bonchev–Trinajstić information content (AvgIpc) is 3.18. The van der Waals surface area contributed by atoms with Gasteiger partial charge >= 0.3 is 6.03 Å². The lowest BCUT2D eigenvalue weighted by Gasteiger charge is -2.09. The van der Waals surface area contributed by atoms with Crippen molar-refractivity contribution in [3.05, 3.63) is 77.4 Å². The van der Waals surface area contributed by atoms with E-state index in [9.17, 15) is 9.59 Å². The number of fused-ring (bicyclic) bond motifs is 1. The number of benzene rings is 2. The van der Waals surface area contributed by atoms with Gasteiger partial charge in [-0.15, -0.1) is 11.3 Å². The minimum absolute atomic E-state index is 0.309. The number of hydrogen-bond acceptors (Lipinski definition) is 5. The van der Waals surface area contributed by atoms with Gasteiger partial charge in [-0.3, -0.25) is 15.2 Å². The first-order chi connectivity index (χ1) is 14.5. The highest BCUT2D eigenvalue weighted by Gasteiger charge is 2.14. The average molecular weight is 417 g/mol. The number of nitrogens with zero attached hydrogens (tertiary/aromatic N) is 1. The molecule has 30 heavy (non-hydrogen) atoms. The number of nitrogens with one attached hydrogen (secondary N) is 3. The molecule has 0 atom stereocenters. The van der Waals surface area contributed by atoms with Crippen molar-refractivity contribution in [1.29, 1.82) is 0 Å². The van der Waals surface area contributed by atoms with Crippen molar-refractivity contribution in [3.63, 3.8) is 0 Å². The molecule has 0 aliphatic rings. The normalized spacial score (nSPS) is 10.6. The molecule has 0 bridgehead atoms. The lowest BCUT2D eigenvalue weighted by Crippen LogP contribution is -2.30. The number of rotatable bonds is 4. The number of urea groups is 1. The number of nitrogen functional groups attached to an aromatic ring is 1. The van der Waals surface area contributed by atoms with E-state index in [0.717, 1.165) is 32.5 Å². The molecule has 2 aromatic carbocycles. The summed E-state index contributed by atoms with van der Waals surface area (Å²) >= 11 is 1.46. The van der Waals surface area contributed by atoms with Gasteiger partial charge in [-0.2, -0.15) is 0 Å². The van der Waals surface area contributed by atoms with E-state index in [1.807, 2.05) is 60.8 Å². The number of hydrazine groups is 1. The summed E-state index contributed by atoms with van der Waals surface area (Å²) in [5, 5.41) is 8.49. The molecule has 5 N–H and O–H groups in total. The number of amides is 3. The summed E-state index contributed by atoms with van der Waals surface area (Å²) in [5.41, 5.74) is 6.99. The Morgan fingerprint density at radius 1 is 1.00 bits per heavy atom. The molecule has 150 valence electrons. The fraction of sp³-hybridized carbons (Fsp3) is 0.0455. The maximum Gasteiger partial charge on any atom is 0.323 e. The molecule has 3 amide bonds. The van der Waals surface area contributed by atoms with Crippen LogP contribution in [0.25, 0.3) is 21.2 Å². The van der Waals surface area contributed by atoms with Gasteiger partial charge in [0.05, 0.1) is 10.3 Å². The van der Waals surface area contributed by atoms with E-state index < -0.39 is 0 Å². The summed E-state index contributed by atoms with van der Waals surface area (Å²) in [6.07, 6.45) is 3.24. The van der Waals surface area contributed by atoms with E-state index in [1.54, 1.807) is 6.20 Å². The fourth-order valence-electron chi connectivity index (χ4n) is 3.16. The molecule has 0 aliphatic heterocycles. The lowest BCUT2D eigenvalue weighted by molar-refractivity contribution is 0.0955. The van der Waals surface area contributed by atoms with Crippen LogP contribution >= 0.6 is 11.3 Å². The number of hydrogen-bond donors (Lipinski definition) is 4. The Balaban J connectivity index is 1.52. The zero-order chi connectivity index (χ0) is 21.1. The second-order valence-electron chi connectivity index (χ2n) is 6.71. The van der Waals surface area contributed by atoms with Crippen LogP contribution in [0.1, 0.15) is 15.9 Å². The number of carbonyl (C=O) groups excluding carboxylic acids is 2. The fourth-order valence-corrected chi connectivity index (χ4v) is 4.22. The topological polar surface area (TPSA) is 109 Å². The third kappa shape index (κ3) is 4.00. The molecule has 0 aliphatic carbocycles. The molecule has 0 saturated carbocycles. The Morgan fingerprint density at radius 2 is 1.77 bits per heavy atom. The molecule has 4 aromatic rings. The van der Waals surface area contributed by atoms with Gasteiger partial charge in [0.15, 0.2) is 0 Å². The lowest BCUT2D eigenvalue weighted by atomic mass is 10.0. The van der Waals surface area contributed by atoms with Gasteiger partial charge in [0.25, 0.3) is 5.91 Å². The van der Waals surface area contributed by atoms with Crippen LogP contribution in [0, 0.1) is 6.92 Å². The molecule has 0 spiro atoms. The first kappa shape index (κ1) is 19.6. The van der Waals surface area contributed by atoms with Crippen LogP contribution in [0.4, 0.5) is 16.2 Å². The molecule has 0 radical (unpaired) electrons. The Morgan fingerprint density at radius 3 is 2.50 bits per heavy atom. The summed E-state index contributed by atoms with van der Waals surface area (Å²) in [4.78, 5) is 28.4. The van der Waals surface area contributed by atoms with Crippen molar-refractivity contribution in [2.45, 2.75) is 6.92 Å². The van der Waals surface area contributed by atoms with Crippen molar-refractivity contribution in [3.8, 4) is 11.1 Å². The van der Waals surface area contributed by atoms with Crippen molar-refractivity contribution in [2.24, 2.45) is 5.84 Å². The number of pyridine rings is 1. The number of anilines is 2. The standard InChI is InChI=1S/C22H19N5O2S/c1-13-3-2-4-16(9-13)26-22(29)25-15-7-5-14(6-8-15)19-12-30-20-17(19)10-24-11-18(20)21(28)27-23/h2-12H,23H2,1H3,(H,27,28)(H2,25,26,29). The summed E-state index contributed by atoms with van der Waals surface area (Å²) < 4.78 is 0.822. The van der Waals surface area contributed by atoms with Gasteiger partial charge in [-0.05, 0) is 47.7 Å². The number of nitrogens with two attached hydrogens (primary N) is 1. The molecule has 8 heteroatoms. The number of aromatic nitrogens is 1. The first-order valence-electron chi connectivity index (χ1n) is 9.16. The third-order valence-corrected chi connectivity index (χ3v) is 5.62. The predicted octanol–water partition coefficient (Wildman–Crippen LogP) is 4.52. The second-order valence-corrected chi connectivity index (χ2v) is 7.59. The SMILES string of the molecule is Cc1cccc(NC(=O)Nc2ccc(-c3csc4c(C(=O)NN)cncc34)cc2)c1. The van der Waals surface area contributed by atoms with Gasteiger partial charge < -0.3 is 10.6 Å². The van der Waals surface area contributed by atoms with Gasteiger partial charge in [-0.25, -0.2) is 10.6 Å². The number of carbonyl (C=O) groups is 2. The van der Waals surface area contributed by atoms with Gasteiger partial charge in [-0.1, -0.05) is 24.3 Å². The van der Waals surface area contributed by atoms with Crippen molar-refractivity contribution < 1.29 is 9.59 Å². The van der Waals surface area contributed by atoms with Crippen LogP contribution in [0.2, 0.25) is 0 Å². The zero-order valence-electron chi connectivity index (χ0n) is 16.1. The van der Waals surface area contributed by atoms with Crippen molar-refractivity contribution in [2.75, 3.05) is 10.6 Å². The monoisotopic (exact) mass is 417 g/mol. The van der Waals surface area contributed by atoms with Crippen LogP contribution < -0.4 is 21.9 Å². The van der Waals surface area contributed by atoms with Crippen LogP contribution in [0.5, 0.6) is 0 Å². The molecular formula is C22H19N5O2S. The minimum Gasteiger partial charge on any atom is -0.308 e. The van der Waals surface area contributed by atoms with E-state index in [-0.39, 0.29) is 11.9 Å². The number of thiophene rings is 1. The Kier molecular flexibility index (Phi) is 5.42. The summed E-state index contributed by atoms with van der Waals surface area (Å²) in [6.45, 7) is 1.97. The van der Waals surface area contributed by atoms with E-state index >= 15 is 0 Å². The van der Waals surface area contributed by atoms with E-state index in [1.165, 1.54) is 17.5 Å². The van der Waals surface area contributed by atoms with Crippen LogP contribution in [0.15, 0.2) is 66.3 Å². The predicted molar refractivity (Wildman–Crippen MR) is 121 cm³/mol. The maximum absolute atomic E-state index is 12.2. The summed E-state index contributed by atoms with van der Waals surface area (Å²) in [6, 6.07) is 14.8. The first-order valence-corrected chi connectivity index (χ1v) is 10.0.